The minimum atomic E-state index is 0.125. The summed E-state index contributed by atoms with van der Waals surface area (Å²) >= 11 is 0. The van der Waals surface area contributed by atoms with E-state index in [1.165, 1.54) is 0 Å². The van der Waals surface area contributed by atoms with E-state index in [-0.39, 0.29) is 11.6 Å². The Hall–Kier alpha value is -0.730. The summed E-state index contributed by atoms with van der Waals surface area (Å²) in [4.78, 5) is 13.7. The fourth-order valence-corrected chi connectivity index (χ4v) is 1.86. The Labute approximate surface area is 85.8 Å². The summed E-state index contributed by atoms with van der Waals surface area (Å²) in [5.74, 6) is 0.788. The van der Waals surface area contributed by atoms with Gasteiger partial charge >= 0.3 is 6.03 Å². The van der Waals surface area contributed by atoms with Crippen LogP contribution in [0.1, 0.15) is 39.5 Å². The van der Waals surface area contributed by atoms with Crippen molar-refractivity contribution in [3.8, 4) is 0 Å². The molecule has 0 unspecified atom stereocenters. The topological polar surface area (TPSA) is 32.3 Å². The first-order valence-electron chi connectivity index (χ1n) is 5.66. The molecular weight excluding hydrogens is 176 g/mol. The molecule has 1 saturated heterocycles. The van der Waals surface area contributed by atoms with E-state index >= 15 is 0 Å². The molecule has 0 bridgehead atoms. The number of piperidine rings is 1. The second-order valence-corrected chi connectivity index (χ2v) is 5.16. The van der Waals surface area contributed by atoms with Gasteiger partial charge in [-0.25, -0.2) is 4.79 Å². The smallest absolute Gasteiger partial charge is 0.317 e. The lowest BCUT2D eigenvalue weighted by molar-refractivity contribution is 0.170. The maximum Gasteiger partial charge on any atom is 0.317 e. The molecule has 2 aliphatic rings. The Bertz CT molecular complexity index is 227. The Morgan fingerprint density at radius 2 is 1.93 bits per heavy atom. The highest BCUT2D eigenvalue weighted by atomic mass is 16.2. The summed E-state index contributed by atoms with van der Waals surface area (Å²) in [6.07, 6.45) is 4.60. The van der Waals surface area contributed by atoms with Gasteiger partial charge in [-0.3, -0.25) is 0 Å². The van der Waals surface area contributed by atoms with Gasteiger partial charge in [0, 0.05) is 18.6 Å². The second kappa shape index (κ2) is 3.44. The van der Waals surface area contributed by atoms with Crippen LogP contribution in [0.4, 0.5) is 4.79 Å². The number of rotatable bonds is 1. The number of carbonyl (C=O) groups excluding carboxylic acids is 1. The van der Waals surface area contributed by atoms with E-state index in [9.17, 15) is 4.79 Å². The fourth-order valence-electron chi connectivity index (χ4n) is 1.86. The van der Waals surface area contributed by atoms with Gasteiger partial charge in [0.2, 0.25) is 0 Å². The van der Waals surface area contributed by atoms with Crippen molar-refractivity contribution in [1.29, 1.82) is 0 Å². The van der Waals surface area contributed by atoms with E-state index in [1.54, 1.807) is 0 Å². The minimum absolute atomic E-state index is 0.125. The predicted molar refractivity (Wildman–Crippen MR) is 56.1 cm³/mol. The lowest BCUT2D eigenvalue weighted by Crippen LogP contribution is -2.47. The van der Waals surface area contributed by atoms with Crippen molar-refractivity contribution in [1.82, 2.24) is 10.2 Å². The SMILES string of the molecule is CC1CCN(C(=O)NC2(C)CC2)CC1. The third kappa shape index (κ3) is 2.20. The number of nitrogens with zero attached hydrogens (tertiary/aromatic N) is 1. The quantitative estimate of drug-likeness (QED) is 0.683. The highest BCUT2D eigenvalue weighted by Crippen LogP contribution is 2.34. The van der Waals surface area contributed by atoms with E-state index in [0.29, 0.717) is 0 Å². The van der Waals surface area contributed by atoms with E-state index < -0.39 is 0 Å². The molecule has 0 atom stereocenters. The lowest BCUT2D eigenvalue weighted by Gasteiger charge is -2.31. The molecular formula is C11H20N2O. The summed E-state index contributed by atoms with van der Waals surface area (Å²) in [5.41, 5.74) is 0.125. The van der Waals surface area contributed by atoms with Gasteiger partial charge in [0.05, 0.1) is 0 Å². The second-order valence-electron chi connectivity index (χ2n) is 5.16. The Morgan fingerprint density at radius 1 is 1.36 bits per heavy atom. The molecule has 0 aromatic rings. The number of amides is 2. The number of likely N-dealkylation sites (tertiary alicyclic amines) is 1. The highest BCUT2D eigenvalue weighted by molar-refractivity contribution is 5.75. The third-order valence-corrected chi connectivity index (χ3v) is 3.48. The van der Waals surface area contributed by atoms with Crippen molar-refractivity contribution in [2.75, 3.05) is 13.1 Å². The fraction of sp³-hybridized carbons (Fsp3) is 0.909. The summed E-state index contributed by atoms with van der Waals surface area (Å²) < 4.78 is 0. The van der Waals surface area contributed by atoms with Crippen LogP contribution in [0.15, 0.2) is 0 Å². The maximum atomic E-state index is 11.8. The van der Waals surface area contributed by atoms with Crippen LogP contribution in [0.25, 0.3) is 0 Å². The normalized spacial score (nSPS) is 26.0. The number of hydrogen-bond acceptors (Lipinski definition) is 1. The lowest BCUT2D eigenvalue weighted by atomic mass is 10.00. The van der Waals surface area contributed by atoms with Crippen molar-refractivity contribution in [3.63, 3.8) is 0 Å². The molecule has 0 aromatic heterocycles. The number of hydrogen-bond donors (Lipinski definition) is 1. The molecule has 1 aliphatic carbocycles. The van der Waals surface area contributed by atoms with Gasteiger partial charge < -0.3 is 10.2 Å². The molecule has 80 valence electrons. The molecule has 2 amide bonds. The van der Waals surface area contributed by atoms with E-state index in [2.05, 4.69) is 19.2 Å². The molecule has 2 fully saturated rings. The van der Waals surface area contributed by atoms with Crippen molar-refractivity contribution in [2.45, 2.75) is 45.1 Å². The number of urea groups is 1. The average molecular weight is 196 g/mol. The molecule has 0 radical (unpaired) electrons. The van der Waals surface area contributed by atoms with Crippen LogP contribution in [0.5, 0.6) is 0 Å². The zero-order chi connectivity index (χ0) is 10.2. The first kappa shape index (κ1) is 9.81. The zero-order valence-electron chi connectivity index (χ0n) is 9.18. The number of carbonyl (C=O) groups is 1. The van der Waals surface area contributed by atoms with Crippen molar-refractivity contribution in [3.05, 3.63) is 0 Å². The predicted octanol–water partition coefficient (Wildman–Crippen LogP) is 1.98. The van der Waals surface area contributed by atoms with Gasteiger partial charge in [-0.1, -0.05) is 6.92 Å². The summed E-state index contributed by atoms with van der Waals surface area (Å²) in [5, 5.41) is 3.10. The highest BCUT2D eigenvalue weighted by Gasteiger charge is 2.39. The Kier molecular flexibility index (Phi) is 2.41. The molecule has 3 heteroatoms. The molecule has 2 rings (SSSR count). The molecule has 0 spiro atoms. The van der Waals surface area contributed by atoms with Crippen molar-refractivity contribution in [2.24, 2.45) is 5.92 Å². The molecule has 3 nitrogen and oxygen atoms in total. The molecule has 1 heterocycles. The van der Waals surface area contributed by atoms with Gasteiger partial charge in [-0.05, 0) is 38.5 Å². The first-order chi connectivity index (χ1) is 6.59. The van der Waals surface area contributed by atoms with Gasteiger partial charge in [-0.2, -0.15) is 0 Å². The average Bonchev–Trinajstić information content (AvgIpc) is 2.84. The van der Waals surface area contributed by atoms with Crippen LogP contribution in [0.3, 0.4) is 0 Å². The van der Waals surface area contributed by atoms with Gasteiger partial charge in [-0.15, -0.1) is 0 Å². The van der Waals surface area contributed by atoms with Crippen LogP contribution >= 0.6 is 0 Å². The molecule has 1 saturated carbocycles. The van der Waals surface area contributed by atoms with Crippen LogP contribution in [0, 0.1) is 5.92 Å². The maximum absolute atomic E-state index is 11.8. The van der Waals surface area contributed by atoms with E-state index in [4.69, 9.17) is 0 Å². The van der Waals surface area contributed by atoms with E-state index in [0.717, 1.165) is 44.7 Å². The Morgan fingerprint density at radius 3 is 2.43 bits per heavy atom. The number of nitrogens with one attached hydrogen (secondary N) is 1. The van der Waals surface area contributed by atoms with Crippen LogP contribution in [0.2, 0.25) is 0 Å². The van der Waals surface area contributed by atoms with Crippen LogP contribution < -0.4 is 5.32 Å². The zero-order valence-corrected chi connectivity index (χ0v) is 9.18. The summed E-state index contributed by atoms with van der Waals surface area (Å²) in [6.45, 7) is 6.25. The molecule has 0 aromatic carbocycles. The largest absolute Gasteiger partial charge is 0.333 e. The summed E-state index contributed by atoms with van der Waals surface area (Å²) in [6, 6.07) is 0.150. The Balaban J connectivity index is 1.80. The molecule has 1 N–H and O–H groups in total. The van der Waals surface area contributed by atoms with Crippen LogP contribution in [-0.2, 0) is 0 Å². The van der Waals surface area contributed by atoms with Gasteiger partial charge in [0.15, 0.2) is 0 Å². The monoisotopic (exact) mass is 196 g/mol. The van der Waals surface area contributed by atoms with Crippen LogP contribution in [-0.4, -0.2) is 29.6 Å². The van der Waals surface area contributed by atoms with E-state index in [1.807, 2.05) is 4.90 Å². The third-order valence-electron chi connectivity index (χ3n) is 3.48. The minimum Gasteiger partial charge on any atom is -0.333 e. The standard InChI is InChI=1S/C11H20N2O/c1-9-3-7-13(8-4-9)10(14)12-11(2)5-6-11/h9H,3-8H2,1-2H3,(H,12,14). The van der Waals surface area contributed by atoms with Crippen molar-refractivity contribution >= 4 is 6.03 Å². The first-order valence-corrected chi connectivity index (χ1v) is 5.66. The van der Waals surface area contributed by atoms with Gasteiger partial charge in [0.25, 0.3) is 0 Å². The van der Waals surface area contributed by atoms with Gasteiger partial charge in [0.1, 0.15) is 0 Å². The molecule has 1 aliphatic heterocycles. The molecule has 14 heavy (non-hydrogen) atoms. The summed E-state index contributed by atoms with van der Waals surface area (Å²) in [7, 11) is 0. The van der Waals surface area contributed by atoms with Crippen molar-refractivity contribution < 1.29 is 4.79 Å².